The van der Waals surface area contributed by atoms with E-state index in [0.29, 0.717) is 5.41 Å². The van der Waals surface area contributed by atoms with E-state index in [2.05, 4.69) is 16.3 Å². The molecule has 1 aromatic carbocycles. The fourth-order valence-electron chi connectivity index (χ4n) is 3.81. The van der Waals surface area contributed by atoms with Crippen molar-refractivity contribution in [2.24, 2.45) is 5.41 Å². The molecule has 0 saturated carbocycles. The largest absolute Gasteiger partial charge is 0.483 e. The minimum atomic E-state index is -0.0142. The molecule has 132 valence electrons. The van der Waals surface area contributed by atoms with Gasteiger partial charge in [0.1, 0.15) is 5.75 Å². The number of rotatable bonds is 5. The molecule has 2 saturated heterocycles. The van der Waals surface area contributed by atoms with Crippen molar-refractivity contribution in [2.75, 3.05) is 46.9 Å². The molecule has 5 nitrogen and oxygen atoms in total. The highest BCUT2D eigenvalue weighted by molar-refractivity contribution is 5.77. The Kier molecular flexibility index (Phi) is 5.41. The number of hydrogen-bond donors (Lipinski definition) is 1. The van der Waals surface area contributed by atoms with Crippen LogP contribution in [0.4, 0.5) is 0 Å². The van der Waals surface area contributed by atoms with Crippen molar-refractivity contribution in [1.29, 1.82) is 0 Å². The molecule has 0 radical (unpaired) electrons. The van der Waals surface area contributed by atoms with Gasteiger partial charge in [0.05, 0.1) is 0 Å². The number of nitrogens with one attached hydrogen (secondary N) is 1. The van der Waals surface area contributed by atoms with Crippen LogP contribution in [-0.4, -0.2) is 62.6 Å². The van der Waals surface area contributed by atoms with Gasteiger partial charge in [-0.3, -0.25) is 9.69 Å². The zero-order valence-corrected chi connectivity index (χ0v) is 14.9. The number of carbonyl (C=O) groups excluding carboxylic acids is 1. The minimum Gasteiger partial charge on any atom is -0.483 e. The number of nitrogens with zero attached hydrogens (tertiary/aromatic N) is 2. The minimum absolute atomic E-state index is 0.0142. The predicted molar refractivity (Wildman–Crippen MR) is 95.1 cm³/mol. The number of hydrogen-bond acceptors (Lipinski definition) is 4. The molecule has 3 rings (SSSR count). The van der Waals surface area contributed by atoms with Crippen LogP contribution < -0.4 is 10.1 Å². The summed E-state index contributed by atoms with van der Waals surface area (Å²) >= 11 is 0. The Morgan fingerprint density at radius 2 is 2.00 bits per heavy atom. The summed E-state index contributed by atoms with van der Waals surface area (Å²) in [5.41, 5.74) is 1.69. The highest BCUT2D eigenvalue weighted by Gasteiger charge is 2.38. The van der Waals surface area contributed by atoms with Crippen LogP contribution in [0.25, 0.3) is 0 Å². The summed E-state index contributed by atoms with van der Waals surface area (Å²) in [6.45, 7) is 5.64. The van der Waals surface area contributed by atoms with E-state index in [1.165, 1.54) is 31.4 Å². The zero-order valence-electron chi connectivity index (χ0n) is 14.9. The molecule has 0 bridgehead atoms. The zero-order chi connectivity index (χ0) is 17.0. The van der Waals surface area contributed by atoms with E-state index in [4.69, 9.17) is 4.74 Å². The lowest BCUT2D eigenvalue weighted by atomic mass is 9.78. The van der Waals surface area contributed by atoms with Crippen molar-refractivity contribution in [1.82, 2.24) is 15.1 Å². The second-order valence-electron chi connectivity index (χ2n) is 7.40. The molecular formula is C19H29N3O2. The molecule has 0 aromatic heterocycles. The number of piperidine rings is 1. The second-order valence-corrected chi connectivity index (χ2v) is 7.40. The molecule has 2 heterocycles. The number of ether oxygens (including phenoxy) is 1. The van der Waals surface area contributed by atoms with Gasteiger partial charge in [0.25, 0.3) is 5.91 Å². The molecule has 2 aliphatic heterocycles. The van der Waals surface area contributed by atoms with Crippen molar-refractivity contribution < 1.29 is 9.53 Å². The number of likely N-dealkylation sites (tertiary alicyclic amines) is 1. The monoisotopic (exact) mass is 331 g/mol. The number of carbonyl (C=O) groups is 1. The van der Waals surface area contributed by atoms with E-state index in [-0.39, 0.29) is 12.5 Å². The Morgan fingerprint density at radius 3 is 2.75 bits per heavy atom. The maximum absolute atomic E-state index is 11.8. The van der Waals surface area contributed by atoms with Crippen molar-refractivity contribution in [3.8, 4) is 5.75 Å². The first-order valence-electron chi connectivity index (χ1n) is 8.92. The summed E-state index contributed by atoms with van der Waals surface area (Å²) < 4.78 is 5.78. The van der Waals surface area contributed by atoms with E-state index in [1.54, 1.807) is 19.0 Å². The van der Waals surface area contributed by atoms with Crippen molar-refractivity contribution >= 4 is 5.91 Å². The second kappa shape index (κ2) is 7.53. The fraction of sp³-hybridized carbons (Fsp3) is 0.632. The molecule has 1 spiro atoms. The predicted octanol–water partition coefficient (Wildman–Crippen LogP) is 1.73. The van der Waals surface area contributed by atoms with Crippen molar-refractivity contribution in [3.05, 3.63) is 29.8 Å². The Hall–Kier alpha value is -1.59. The van der Waals surface area contributed by atoms with Gasteiger partial charge in [0, 0.05) is 32.7 Å². The number of amides is 1. The van der Waals surface area contributed by atoms with Gasteiger partial charge in [-0.2, -0.15) is 0 Å². The Bertz CT molecular complexity index is 567. The molecule has 1 N–H and O–H groups in total. The summed E-state index contributed by atoms with van der Waals surface area (Å²) in [7, 11) is 3.50. The van der Waals surface area contributed by atoms with Gasteiger partial charge in [-0.05, 0) is 50.4 Å². The summed E-state index contributed by atoms with van der Waals surface area (Å²) in [4.78, 5) is 15.9. The third-order valence-electron chi connectivity index (χ3n) is 5.40. The smallest absolute Gasteiger partial charge is 0.259 e. The van der Waals surface area contributed by atoms with Crippen LogP contribution in [0.5, 0.6) is 5.75 Å². The lowest BCUT2D eigenvalue weighted by molar-refractivity contribution is -0.130. The number of likely N-dealkylation sites (N-methyl/N-ethyl adjacent to an activating group) is 1. The maximum atomic E-state index is 11.8. The standard InChI is InChI=1S/C19H29N3O2/c1-21(2)18(23)14-24-17-6-4-3-5-16(17)13-22-12-9-19(15-22)7-10-20-11-8-19/h3-6,20H,7-15H2,1-2H3. The van der Waals surface area contributed by atoms with Gasteiger partial charge in [-0.1, -0.05) is 18.2 Å². The lowest BCUT2D eigenvalue weighted by Gasteiger charge is -2.34. The van der Waals surface area contributed by atoms with Crippen LogP contribution in [0.3, 0.4) is 0 Å². The Labute approximate surface area is 145 Å². The van der Waals surface area contributed by atoms with Gasteiger partial charge in [0.15, 0.2) is 6.61 Å². The third-order valence-corrected chi connectivity index (χ3v) is 5.40. The van der Waals surface area contributed by atoms with Crippen LogP contribution in [0.2, 0.25) is 0 Å². The quantitative estimate of drug-likeness (QED) is 0.892. The Balaban J connectivity index is 1.60. The highest BCUT2D eigenvalue weighted by atomic mass is 16.5. The van der Waals surface area contributed by atoms with E-state index in [0.717, 1.165) is 31.9 Å². The van der Waals surface area contributed by atoms with Gasteiger partial charge < -0.3 is 15.0 Å². The molecule has 24 heavy (non-hydrogen) atoms. The van der Waals surface area contributed by atoms with Gasteiger partial charge in [-0.15, -0.1) is 0 Å². The molecule has 2 fully saturated rings. The molecule has 1 amide bonds. The van der Waals surface area contributed by atoms with Crippen LogP contribution in [0, 0.1) is 5.41 Å². The van der Waals surface area contributed by atoms with Crippen molar-refractivity contribution in [3.63, 3.8) is 0 Å². The Morgan fingerprint density at radius 1 is 1.25 bits per heavy atom. The first kappa shape index (κ1) is 17.2. The molecule has 2 aliphatic rings. The molecule has 0 atom stereocenters. The molecular weight excluding hydrogens is 302 g/mol. The SMILES string of the molecule is CN(C)C(=O)COc1ccccc1CN1CCC2(CCNCC2)C1. The highest BCUT2D eigenvalue weighted by Crippen LogP contribution is 2.39. The first-order chi connectivity index (χ1) is 11.6. The van der Waals surface area contributed by atoms with Gasteiger partial charge >= 0.3 is 0 Å². The average Bonchev–Trinajstić information content (AvgIpc) is 2.96. The molecule has 5 heteroatoms. The molecule has 1 aromatic rings. The number of benzene rings is 1. The van der Waals surface area contributed by atoms with E-state index in [1.807, 2.05) is 18.2 Å². The summed E-state index contributed by atoms with van der Waals surface area (Å²) in [5.74, 6) is 0.818. The van der Waals surface area contributed by atoms with Crippen LogP contribution >= 0.6 is 0 Å². The molecule has 0 unspecified atom stereocenters. The van der Waals surface area contributed by atoms with Gasteiger partial charge in [-0.25, -0.2) is 0 Å². The topological polar surface area (TPSA) is 44.8 Å². The van der Waals surface area contributed by atoms with Crippen LogP contribution in [0.1, 0.15) is 24.8 Å². The fourth-order valence-corrected chi connectivity index (χ4v) is 3.81. The van der Waals surface area contributed by atoms with Crippen molar-refractivity contribution in [2.45, 2.75) is 25.8 Å². The summed E-state index contributed by atoms with van der Waals surface area (Å²) in [6.07, 6.45) is 3.88. The van der Waals surface area contributed by atoms with E-state index >= 15 is 0 Å². The van der Waals surface area contributed by atoms with Gasteiger partial charge in [0.2, 0.25) is 0 Å². The summed E-state index contributed by atoms with van der Waals surface area (Å²) in [6, 6.07) is 8.10. The number of para-hydroxylation sites is 1. The lowest BCUT2D eigenvalue weighted by Crippen LogP contribution is -2.38. The first-order valence-corrected chi connectivity index (χ1v) is 8.92. The van der Waals surface area contributed by atoms with E-state index < -0.39 is 0 Å². The maximum Gasteiger partial charge on any atom is 0.259 e. The average molecular weight is 331 g/mol. The van der Waals surface area contributed by atoms with Crippen LogP contribution in [0.15, 0.2) is 24.3 Å². The third kappa shape index (κ3) is 4.08. The molecule has 0 aliphatic carbocycles. The van der Waals surface area contributed by atoms with Crippen LogP contribution in [-0.2, 0) is 11.3 Å². The van der Waals surface area contributed by atoms with E-state index in [9.17, 15) is 4.79 Å². The summed E-state index contributed by atoms with van der Waals surface area (Å²) in [5, 5.41) is 3.47. The normalized spacial score (nSPS) is 20.2.